The molecule has 1 spiro atoms. The van der Waals surface area contributed by atoms with Gasteiger partial charge in [-0.25, -0.2) is 16.3 Å². The molecule has 0 radical (unpaired) electrons. The van der Waals surface area contributed by atoms with Crippen LogP contribution in [0, 0.1) is 52.3 Å². The number of nitriles is 1. The lowest BCUT2D eigenvalue weighted by molar-refractivity contribution is -0.351. The maximum absolute atomic E-state index is 13.4. The van der Waals surface area contributed by atoms with E-state index in [0.717, 1.165) is 76.4 Å². The van der Waals surface area contributed by atoms with E-state index < -0.39 is 18.4 Å². The molecule has 13 nitrogen and oxygen atoms in total. The fourth-order valence-electron chi connectivity index (χ4n) is 13.4. The van der Waals surface area contributed by atoms with Crippen LogP contribution in [-0.4, -0.2) is 116 Å². The van der Waals surface area contributed by atoms with Gasteiger partial charge in [0, 0.05) is 62.7 Å². The highest BCUT2D eigenvalue weighted by Gasteiger charge is 2.49. The standard InChI is InChI=1S/C48H80F3N9O4S/c1-5-53-59-44-38(20-25-62-4)55-43(42-29(2)30(3)65-46(42)56-44)33-8-6-31(7-9-33)32-18-21-47(22-19-32)23-24-60(28-47)41-17-16-39(57-58-41)45(61)54-35-11-14-36(15-12-35)63-37-13-10-34(27-52)40(26-37)64-48(49,50)51/h29-42,44,46,53,56-59H,5-26,28H2,1-4H3,(H,54,61)/t29?,30?,31?,32?,33?,34?,35?,36?,37?,38-,39?,40?,41?,42?,44?,46?,47?/m0/s1. The van der Waals surface area contributed by atoms with Gasteiger partial charge in [0.25, 0.3) is 0 Å². The van der Waals surface area contributed by atoms with Crippen molar-refractivity contribution in [1.82, 2.24) is 37.2 Å². The summed E-state index contributed by atoms with van der Waals surface area (Å²) in [7, 11) is 1.80. The molecule has 0 bridgehead atoms. The predicted molar refractivity (Wildman–Crippen MR) is 247 cm³/mol. The Bertz CT molecular complexity index is 1610. The summed E-state index contributed by atoms with van der Waals surface area (Å²) in [6.45, 7) is 10.8. The third-order valence-corrected chi connectivity index (χ3v) is 18.9. The molecule has 3 saturated heterocycles. The number of nitrogens with zero attached hydrogens (tertiary/aromatic N) is 3. The summed E-state index contributed by atoms with van der Waals surface area (Å²) in [5, 5.41) is 17.6. The molecule has 0 aromatic rings. The average molecular weight is 936 g/mol. The lowest BCUT2D eigenvalue weighted by atomic mass is 9.63. The molecule has 11 atom stereocenters. The number of amides is 1. The zero-order valence-corrected chi connectivity index (χ0v) is 40.3. The van der Waals surface area contributed by atoms with E-state index in [1.54, 1.807) is 7.11 Å². The van der Waals surface area contributed by atoms with E-state index in [1.807, 2.05) is 6.07 Å². The van der Waals surface area contributed by atoms with Gasteiger partial charge >= 0.3 is 6.36 Å². The molecule has 4 heterocycles. The number of halogens is 3. The number of carbonyl (C=O) groups is 1. The van der Waals surface area contributed by atoms with Crippen LogP contribution in [0.5, 0.6) is 0 Å². The van der Waals surface area contributed by atoms with Crippen LogP contribution in [0.2, 0.25) is 0 Å². The molecule has 0 aromatic carbocycles. The van der Waals surface area contributed by atoms with E-state index in [-0.39, 0.29) is 55.0 Å². The van der Waals surface area contributed by atoms with Crippen LogP contribution in [0.1, 0.15) is 143 Å². The Kier molecular flexibility index (Phi) is 17.2. The Balaban J connectivity index is 0.743. The number of carbonyl (C=O) groups excluding carboxylic acids is 1. The lowest BCUT2D eigenvalue weighted by Gasteiger charge is -2.43. The van der Waals surface area contributed by atoms with Crippen molar-refractivity contribution in [2.45, 2.75) is 209 Å². The van der Waals surface area contributed by atoms with E-state index in [4.69, 9.17) is 14.5 Å². The van der Waals surface area contributed by atoms with Crippen molar-refractivity contribution in [3.63, 3.8) is 0 Å². The Hall–Kier alpha value is -1.59. The number of hydrogen-bond donors (Lipinski definition) is 6. The van der Waals surface area contributed by atoms with Gasteiger partial charge in [-0.2, -0.15) is 5.26 Å². The summed E-state index contributed by atoms with van der Waals surface area (Å²) in [6.07, 6.45) is 12.4. The maximum atomic E-state index is 13.4. The summed E-state index contributed by atoms with van der Waals surface area (Å²) in [6, 6.07) is 1.89. The SMILES string of the molecule is CCNNC1NC2SC(C)C(C)C2C(C2CCC(C3CCC4(CC3)CCN(C3CCC(C(=O)NC5CCC(OC6CCC(C#N)C(OC(F)(F)F)C6)CC5)NN3)C4)CC2)=N[C@H]1CCOC. The van der Waals surface area contributed by atoms with E-state index in [1.165, 1.54) is 63.5 Å². The van der Waals surface area contributed by atoms with Gasteiger partial charge in [0.05, 0.1) is 54.0 Å². The average Bonchev–Trinajstić information content (AvgIpc) is 3.79. The minimum absolute atomic E-state index is 0.0230. The predicted octanol–water partition coefficient (Wildman–Crippen LogP) is 6.90. The number of hydrogen-bond acceptors (Lipinski definition) is 13. The van der Waals surface area contributed by atoms with E-state index in [2.05, 4.69) is 74.5 Å². The molecule has 8 rings (SSSR count). The first-order valence-electron chi connectivity index (χ1n) is 25.7. The summed E-state index contributed by atoms with van der Waals surface area (Å²) in [5.41, 5.74) is 15.8. The topological polar surface area (TPSA) is 156 Å². The number of thioether (sulfide) groups is 1. The third-order valence-electron chi connectivity index (χ3n) is 17.4. The largest absolute Gasteiger partial charge is 0.522 e. The van der Waals surface area contributed by atoms with Crippen molar-refractivity contribution in [1.29, 1.82) is 5.26 Å². The quantitative estimate of drug-likeness (QED) is 0.100. The number of methoxy groups -OCH3 is 1. The monoisotopic (exact) mass is 936 g/mol. The van der Waals surface area contributed by atoms with Gasteiger partial charge in [-0.3, -0.25) is 30.2 Å². The first-order valence-corrected chi connectivity index (χ1v) is 26.6. The van der Waals surface area contributed by atoms with Gasteiger partial charge in [0.15, 0.2) is 0 Å². The van der Waals surface area contributed by atoms with Crippen LogP contribution >= 0.6 is 11.8 Å². The zero-order valence-electron chi connectivity index (χ0n) is 39.5. The summed E-state index contributed by atoms with van der Waals surface area (Å²) in [5.74, 6) is 2.58. The zero-order chi connectivity index (χ0) is 45.7. The molecular formula is C48H80F3N9O4S. The molecular weight excluding hydrogens is 856 g/mol. The van der Waals surface area contributed by atoms with Crippen molar-refractivity contribution < 1.29 is 32.2 Å². The number of aliphatic imine (C=N–C) groups is 1. The first kappa shape index (κ1) is 49.8. The molecule has 6 N–H and O–H groups in total. The van der Waals surface area contributed by atoms with Crippen LogP contribution in [0.3, 0.4) is 0 Å². The molecule has 10 unspecified atom stereocenters. The molecule has 7 fully saturated rings. The van der Waals surface area contributed by atoms with E-state index in [0.29, 0.717) is 53.2 Å². The highest BCUT2D eigenvalue weighted by atomic mass is 32.2. The minimum atomic E-state index is -4.77. The molecule has 17 heteroatoms. The van der Waals surface area contributed by atoms with Gasteiger partial charge in [-0.1, -0.05) is 20.8 Å². The second kappa shape index (κ2) is 22.4. The van der Waals surface area contributed by atoms with Gasteiger partial charge in [-0.15, -0.1) is 24.9 Å². The summed E-state index contributed by atoms with van der Waals surface area (Å²) in [4.78, 5) is 21.7. The van der Waals surface area contributed by atoms with Crippen molar-refractivity contribution >= 4 is 23.4 Å². The fraction of sp³-hybridized carbons (Fsp3) is 0.938. The molecule has 4 aliphatic carbocycles. The number of likely N-dealkylation sites (tertiary alicyclic amines) is 1. The third kappa shape index (κ3) is 12.4. The molecule has 1 amide bonds. The maximum Gasteiger partial charge on any atom is 0.522 e. The highest BCUT2D eigenvalue weighted by molar-refractivity contribution is 8.00. The van der Waals surface area contributed by atoms with E-state index >= 15 is 0 Å². The molecule has 0 aromatic heterocycles. The fourth-order valence-corrected chi connectivity index (χ4v) is 15.0. The summed E-state index contributed by atoms with van der Waals surface area (Å²) < 4.78 is 54.9. The van der Waals surface area contributed by atoms with Crippen molar-refractivity contribution in [2.24, 2.45) is 45.9 Å². The Morgan fingerprint density at radius 2 is 1.69 bits per heavy atom. The lowest BCUT2D eigenvalue weighted by Crippen LogP contribution is -2.62. The van der Waals surface area contributed by atoms with E-state index in [9.17, 15) is 23.2 Å². The Morgan fingerprint density at radius 3 is 2.37 bits per heavy atom. The molecule has 368 valence electrons. The number of fused-ring (bicyclic) bond motifs is 1. The number of hydrazine groups is 2. The van der Waals surface area contributed by atoms with Crippen LogP contribution in [0.15, 0.2) is 4.99 Å². The number of alkyl halides is 3. The van der Waals surface area contributed by atoms with Crippen LogP contribution in [-0.2, 0) is 19.0 Å². The Labute approximate surface area is 390 Å². The minimum Gasteiger partial charge on any atom is -0.385 e. The molecule has 4 saturated carbocycles. The van der Waals surface area contributed by atoms with Gasteiger partial charge in [0.2, 0.25) is 5.91 Å². The number of nitrogens with one attached hydrogen (secondary N) is 6. The molecule has 4 aliphatic heterocycles. The highest BCUT2D eigenvalue weighted by Crippen LogP contribution is 2.52. The molecule has 65 heavy (non-hydrogen) atoms. The van der Waals surface area contributed by atoms with Crippen LogP contribution in [0.25, 0.3) is 0 Å². The van der Waals surface area contributed by atoms with Crippen molar-refractivity contribution in [2.75, 3.05) is 33.4 Å². The van der Waals surface area contributed by atoms with Crippen LogP contribution < -0.4 is 32.3 Å². The van der Waals surface area contributed by atoms with Crippen molar-refractivity contribution in [3.8, 4) is 6.07 Å². The smallest absolute Gasteiger partial charge is 0.385 e. The van der Waals surface area contributed by atoms with Gasteiger partial charge < -0.3 is 14.8 Å². The Morgan fingerprint density at radius 1 is 0.954 bits per heavy atom. The second-order valence-electron chi connectivity index (χ2n) is 21.4. The van der Waals surface area contributed by atoms with Crippen LogP contribution in [0.4, 0.5) is 13.2 Å². The normalized spacial score (nSPS) is 43.1. The first-order chi connectivity index (χ1) is 31.3. The molecule has 8 aliphatic rings. The van der Waals surface area contributed by atoms with Gasteiger partial charge in [0.1, 0.15) is 6.04 Å². The second-order valence-corrected chi connectivity index (χ2v) is 22.9. The number of ether oxygens (including phenoxy) is 3. The van der Waals surface area contributed by atoms with Gasteiger partial charge in [-0.05, 0) is 145 Å². The summed E-state index contributed by atoms with van der Waals surface area (Å²) >= 11 is 2.11. The van der Waals surface area contributed by atoms with Crippen molar-refractivity contribution in [3.05, 3.63) is 0 Å². The number of rotatable bonds is 14.